The smallest absolute Gasteiger partial charge is 0.130 e. The predicted molar refractivity (Wildman–Crippen MR) is 74.5 cm³/mol. The minimum Gasteiger partial charge on any atom is -0.346 e. The molecule has 0 amide bonds. The van der Waals surface area contributed by atoms with E-state index in [-0.39, 0.29) is 0 Å². The zero-order chi connectivity index (χ0) is 12.1. The van der Waals surface area contributed by atoms with Crippen LogP contribution in [0.4, 0.5) is 0 Å². The van der Waals surface area contributed by atoms with E-state index in [9.17, 15) is 0 Å². The van der Waals surface area contributed by atoms with Gasteiger partial charge in [0.2, 0.25) is 0 Å². The highest BCUT2D eigenvalue weighted by atomic mass is 32.2. The molecule has 0 unspecified atom stereocenters. The van der Waals surface area contributed by atoms with Crippen molar-refractivity contribution in [2.75, 3.05) is 5.75 Å². The number of thioether (sulfide) groups is 1. The summed E-state index contributed by atoms with van der Waals surface area (Å²) in [5, 5.41) is 0. The summed E-state index contributed by atoms with van der Waals surface area (Å²) in [6.07, 6.45) is 0. The molecule has 0 aromatic carbocycles. The van der Waals surface area contributed by atoms with E-state index in [2.05, 4.69) is 37.7 Å². The van der Waals surface area contributed by atoms with E-state index in [1.54, 1.807) is 0 Å². The van der Waals surface area contributed by atoms with Crippen molar-refractivity contribution in [1.29, 1.82) is 0 Å². The van der Waals surface area contributed by atoms with E-state index in [1.165, 1.54) is 5.69 Å². The maximum absolute atomic E-state index is 5.17. The summed E-state index contributed by atoms with van der Waals surface area (Å²) in [6.45, 7) is 8.78. The summed E-state index contributed by atoms with van der Waals surface area (Å²) in [7, 11) is 0. The Morgan fingerprint density at radius 1 is 1.38 bits per heavy atom. The van der Waals surface area contributed by atoms with E-state index in [0.29, 0.717) is 10.6 Å². The molecule has 0 fully saturated rings. The molecule has 0 aliphatic carbocycles. The van der Waals surface area contributed by atoms with Crippen LogP contribution in [0.1, 0.15) is 45.1 Å². The molecule has 0 saturated heterocycles. The minimum atomic E-state index is 0.471. The highest BCUT2D eigenvalue weighted by Crippen LogP contribution is 2.16. The Kier molecular flexibility index (Phi) is 5.49. The Morgan fingerprint density at radius 2 is 2.06 bits per heavy atom. The standard InChI is InChI=1S/C12H20N2S2/c1-8(2)6-16-7-11-13-10(9(3)4)5-12(15)14-11/h5,8-9H,6-7H2,1-4H3,(H,13,14,15). The number of hydrogen-bond acceptors (Lipinski definition) is 3. The van der Waals surface area contributed by atoms with Crippen molar-refractivity contribution >= 4 is 24.0 Å². The van der Waals surface area contributed by atoms with Gasteiger partial charge >= 0.3 is 0 Å². The molecule has 4 heteroatoms. The lowest BCUT2D eigenvalue weighted by Crippen LogP contribution is -2.01. The van der Waals surface area contributed by atoms with Crippen LogP contribution in [0.5, 0.6) is 0 Å². The summed E-state index contributed by atoms with van der Waals surface area (Å²) in [4.78, 5) is 7.71. The van der Waals surface area contributed by atoms with Crippen molar-refractivity contribution in [3.05, 3.63) is 22.2 Å². The zero-order valence-electron chi connectivity index (χ0n) is 10.4. The fourth-order valence-electron chi connectivity index (χ4n) is 1.30. The molecule has 1 aromatic heterocycles. The molecule has 0 spiro atoms. The first-order valence-corrected chi connectivity index (χ1v) is 7.23. The van der Waals surface area contributed by atoms with Gasteiger partial charge in [-0.15, -0.1) is 0 Å². The second-order valence-corrected chi connectivity index (χ2v) is 6.13. The fourth-order valence-corrected chi connectivity index (χ4v) is 2.46. The third-order valence-electron chi connectivity index (χ3n) is 2.12. The molecule has 1 N–H and O–H groups in total. The molecule has 16 heavy (non-hydrogen) atoms. The summed E-state index contributed by atoms with van der Waals surface area (Å²) < 4.78 is 0.697. The van der Waals surface area contributed by atoms with Gasteiger partial charge < -0.3 is 4.98 Å². The summed E-state index contributed by atoms with van der Waals surface area (Å²) in [5.74, 6) is 4.28. The Morgan fingerprint density at radius 3 is 2.62 bits per heavy atom. The van der Waals surface area contributed by atoms with Crippen LogP contribution in [-0.4, -0.2) is 15.7 Å². The van der Waals surface area contributed by atoms with Gasteiger partial charge in [-0.3, -0.25) is 0 Å². The van der Waals surface area contributed by atoms with Crippen LogP contribution in [0.3, 0.4) is 0 Å². The molecule has 0 radical (unpaired) electrons. The third-order valence-corrected chi connectivity index (χ3v) is 3.71. The number of hydrogen-bond donors (Lipinski definition) is 1. The lowest BCUT2D eigenvalue weighted by atomic mass is 10.1. The van der Waals surface area contributed by atoms with Gasteiger partial charge in [0, 0.05) is 5.69 Å². The van der Waals surface area contributed by atoms with Crippen molar-refractivity contribution in [2.45, 2.75) is 39.4 Å². The maximum Gasteiger partial charge on any atom is 0.130 e. The van der Waals surface area contributed by atoms with Gasteiger partial charge in [-0.05, 0) is 23.7 Å². The Balaban J connectivity index is 2.69. The second kappa shape index (κ2) is 6.40. The molecule has 90 valence electrons. The van der Waals surface area contributed by atoms with Crippen molar-refractivity contribution in [2.24, 2.45) is 5.92 Å². The number of aromatic nitrogens is 2. The average molecular weight is 256 g/mol. The topological polar surface area (TPSA) is 28.7 Å². The first-order valence-electron chi connectivity index (χ1n) is 5.67. The monoisotopic (exact) mass is 256 g/mol. The molecule has 0 aliphatic rings. The average Bonchev–Trinajstić information content (AvgIpc) is 2.16. The summed E-state index contributed by atoms with van der Waals surface area (Å²) in [6, 6.07) is 1.95. The largest absolute Gasteiger partial charge is 0.346 e. The summed E-state index contributed by atoms with van der Waals surface area (Å²) in [5.41, 5.74) is 1.18. The SMILES string of the molecule is CC(C)CSCc1nc(=S)cc(C(C)C)[nH]1. The Hall–Kier alpha value is -0.350. The highest BCUT2D eigenvalue weighted by Gasteiger charge is 2.03. The van der Waals surface area contributed by atoms with Gasteiger partial charge in [-0.1, -0.05) is 39.9 Å². The molecule has 0 aliphatic heterocycles. The zero-order valence-corrected chi connectivity index (χ0v) is 12.0. The van der Waals surface area contributed by atoms with Gasteiger partial charge in [-0.2, -0.15) is 11.8 Å². The van der Waals surface area contributed by atoms with E-state index in [0.717, 1.165) is 23.2 Å². The van der Waals surface area contributed by atoms with Crippen LogP contribution >= 0.6 is 24.0 Å². The van der Waals surface area contributed by atoms with Gasteiger partial charge in [0.05, 0.1) is 5.75 Å². The van der Waals surface area contributed by atoms with Crippen LogP contribution in [0.15, 0.2) is 6.07 Å². The van der Waals surface area contributed by atoms with Gasteiger partial charge in [-0.25, -0.2) is 4.98 Å². The van der Waals surface area contributed by atoms with Crippen LogP contribution in [0.2, 0.25) is 0 Å². The maximum atomic E-state index is 5.17. The van der Waals surface area contributed by atoms with Crippen LogP contribution < -0.4 is 0 Å². The minimum absolute atomic E-state index is 0.471. The summed E-state index contributed by atoms with van der Waals surface area (Å²) >= 11 is 7.07. The van der Waals surface area contributed by atoms with E-state index in [4.69, 9.17) is 12.2 Å². The van der Waals surface area contributed by atoms with E-state index < -0.39 is 0 Å². The normalized spacial score (nSPS) is 11.4. The van der Waals surface area contributed by atoms with Crippen molar-refractivity contribution in [3.63, 3.8) is 0 Å². The number of rotatable bonds is 5. The lowest BCUT2D eigenvalue weighted by molar-refractivity contribution is 0.749. The number of nitrogens with one attached hydrogen (secondary N) is 1. The lowest BCUT2D eigenvalue weighted by Gasteiger charge is -2.09. The Bertz CT molecular complexity index is 383. The number of H-pyrrole nitrogens is 1. The van der Waals surface area contributed by atoms with Gasteiger partial charge in [0.25, 0.3) is 0 Å². The molecule has 2 nitrogen and oxygen atoms in total. The van der Waals surface area contributed by atoms with Crippen LogP contribution in [0, 0.1) is 10.6 Å². The second-order valence-electron chi connectivity index (χ2n) is 4.69. The predicted octanol–water partition coefficient (Wildman–Crippen LogP) is 4.15. The molecule has 1 aromatic rings. The van der Waals surface area contributed by atoms with Crippen LogP contribution in [-0.2, 0) is 5.75 Å². The number of aromatic amines is 1. The van der Waals surface area contributed by atoms with Gasteiger partial charge in [0.15, 0.2) is 0 Å². The molecule has 1 rings (SSSR count). The fraction of sp³-hybridized carbons (Fsp3) is 0.667. The molecule has 1 heterocycles. The van der Waals surface area contributed by atoms with Crippen molar-refractivity contribution < 1.29 is 0 Å². The molecule has 0 bridgehead atoms. The van der Waals surface area contributed by atoms with Crippen molar-refractivity contribution in [3.8, 4) is 0 Å². The highest BCUT2D eigenvalue weighted by molar-refractivity contribution is 7.98. The van der Waals surface area contributed by atoms with Gasteiger partial charge in [0.1, 0.15) is 10.5 Å². The Labute approximate surface area is 107 Å². The van der Waals surface area contributed by atoms with Crippen LogP contribution in [0.25, 0.3) is 0 Å². The third kappa shape index (κ3) is 4.66. The quantitative estimate of drug-likeness (QED) is 0.802. The first kappa shape index (κ1) is 13.7. The molecular formula is C12H20N2S2. The molecule has 0 saturated carbocycles. The molecule has 0 atom stereocenters. The molecular weight excluding hydrogens is 236 g/mol. The van der Waals surface area contributed by atoms with E-state index >= 15 is 0 Å². The first-order chi connectivity index (χ1) is 7.49. The van der Waals surface area contributed by atoms with Crippen molar-refractivity contribution in [1.82, 2.24) is 9.97 Å². The van der Waals surface area contributed by atoms with E-state index in [1.807, 2.05) is 17.8 Å². The number of nitrogens with zero attached hydrogens (tertiary/aromatic N) is 1.